The molecular formula is C18H33O5P. The fraction of sp³-hybridized carbons (Fsp3) is 0.722. The Morgan fingerprint density at radius 1 is 0.750 bits per heavy atom. The lowest BCUT2D eigenvalue weighted by Crippen LogP contribution is -1.93. The van der Waals surface area contributed by atoms with Crippen molar-refractivity contribution < 1.29 is 24.3 Å². The third kappa shape index (κ3) is 21.1. The van der Waals surface area contributed by atoms with E-state index in [9.17, 15) is 9.36 Å². The molecule has 24 heavy (non-hydrogen) atoms. The van der Waals surface area contributed by atoms with Crippen LogP contribution in [0.1, 0.15) is 77.0 Å². The number of aliphatic carboxylic acids is 1. The van der Waals surface area contributed by atoms with Gasteiger partial charge in [-0.25, -0.2) is 0 Å². The van der Waals surface area contributed by atoms with Crippen molar-refractivity contribution in [3.05, 3.63) is 24.3 Å². The maximum absolute atomic E-state index is 10.7. The molecule has 5 nitrogen and oxygen atoms in total. The fourth-order valence-corrected chi connectivity index (χ4v) is 2.97. The van der Waals surface area contributed by atoms with Crippen molar-refractivity contribution in [2.45, 2.75) is 77.0 Å². The van der Waals surface area contributed by atoms with Gasteiger partial charge in [0.25, 0.3) is 0 Å². The van der Waals surface area contributed by atoms with Gasteiger partial charge in [0.05, 0.1) is 0 Å². The fourth-order valence-electron chi connectivity index (χ4n) is 2.33. The summed E-state index contributed by atoms with van der Waals surface area (Å²) in [6.07, 6.45) is 19.5. The zero-order chi connectivity index (χ0) is 18.1. The molecule has 0 saturated heterocycles. The SMILES string of the molecule is O=C(O)CCCCCCCC=CCC=CCCCCCP(=O)(O)O. The van der Waals surface area contributed by atoms with E-state index >= 15 is 0 Å². The smallest absolute Gasteiger partial charge is 0.325 e. The second kappa shape index (κ2) is 15.6. The number of carbonyl (C=O) groups is 1. The van der Waals surface area contributed by atoms with E-state index in [2.05, 4.69) is 24.3 Å². The molecule has 0 amide bonds. The van der Waals surface area contributed by atoms with Crippen LogP contribution in [0, 0.1) is 0 Å². The van der Waals surface area contributed by atoms with Crippen molar-refractivity contribution in [1.29, 1.82) is 0 Å². The lowest BCUT2D eigenvalue weighted by molar-refractivity contribution is -0.137. The van der Waals surface area contributed by atoms with Crippen LogP contribution in [0.3, 0.4) is 0 Å². The van der Waals surface area contributed by atoms with Crippen molar-refractivity contribution in [1.82, 2.24) is 0 Å². The number of unbranched alkanes of at least 4 members (excludes halogenated alkanes) is 8. The Balaban J connectivity index is 3.28. The van der Waals surface area contributed by atoms with Crippen LogP contribution >= 0.6 is 7.60 Å². The van der Waals surface area contributed by atoms with E-state index in [-0.39, 0.29) is 12.6 Å². The molecule has 0 saturated carbocycles. The Labute approximate surface area is 146 Å². The molecule has 0 heterocycles. The van der Waals surface area contributed by atoms with Crippen LogP contribution in [-0.4, -0.2) is 27.0 Å². The molecule has 0 atom stereocenters. The average Bonchev–Trinajstić information content (AvgIpc) is 2.49. The highest BCUT2D eigenvalue weighted by Crippen LogP contribution is 2.35. The van der Waals surface area contributed by atoms with Crippen LogP contribution in [0.5, 0.6) is 0 Å². The van der Waals surface area contributed by atoms with Gasteiger partial charge in [0.2, 0.25) is 0 Å². The standard InChI is InChI=1S/C18H33O5P/c19-18(20)16-14-12-10-8-6-4-2-1-3-5-7-9-11-13-15-17-24(21,22)23/h1-2,5,7H,3-4,6,8-17H2,(H,19,20)(H2,21,22,23). The van der Waals surface area contributed by atoms with Gasteiger partial charge in [-0.15, -0.1) is 0 Å². The molecule has 0 aromatic carbocycles. The summed E-state index contributed by atoms with van der Waals surface area (Å²) < 4.78 is 10.7. The summed E-state index contributed by atoms with van der Waals surface area (Å²) in [4.78, 5) is 27.8. The van der Waals surface area contributed by atoms with Crippen molar-refractivity contribution in [3.63, 3.8) is 0 Å². The summed E-state index contributed by atoms with van der Waals surface area (Å²) in [5.74, 6) is -0.702. The average molecular weight is 360 g/mol. The minimum absolute atomic E-state index is 0.000981. The van der Waals surface area contributed by atoms with Gasteiger partial charge in [-0.2, -0.15) is 0 Å². The molecule has 0 aliphatic rings. The first-order valence-corrected chi connectivity index (χ1v) is 10.8. The minimum Gasteiger partial charge on any atom is -0.481 e. The summed E-state index contributed by atoms with van der Waals surface area (Å²) in [7, 11) is -3.81. The summed E-state index contributed by atoms with van der Waals surface area (Å²) >= 11 is 0. The highest BCUT2D eigenvalue weighted by Gasteiger charge is 2.10. The van der Waals surface area contributed by atoms with Crippen molar-refractivity contribution >= 4 is 13.6 Å². The molecule has 0 bridgehead atoms. The van der Waals surface area contributed by atoms with Crippen molar-refractivity contribution in [3.8, 4) is 0 Å². The molecule has 0 rings (SSSR count). The normalized spacial score (nSPS) is 12.4. The van der Waals surface area contributed by atoms with Gasteiger partial charge in [-0.05, 0) is 44.9 Å². The Morgan fingerprint density at radius 3 is 1.79 bits per heavy atom. The Bertz CT molecular complexity index is 412. The first-order chi connectivity index (χ1) is 11.4. The highest BCUT2D eigenvalue weighted by atomic mass is 31.2. The number of rotatable bonds is 16. The van der Waals surface area contributed by atoms with E-state index in [4.69, 9.17) is 14.9 Å². The molecule has 0 aliphatic carbocycles. The van der Waals surface area contributed by atoms with Gasteiger partial charge in [0.1, 0.15) is 0 Å². The van der Waals surface area contributed by atoms with Crippen molar-refractivity contribution in [2.75, 3.05) is 6.16 Å². The highest BCUT2D eigenvalue weighted by molar-refractivity contribution is 7.51. The van der Waals surface area contributed by atoms with Gasteiger partial charge >= 0.3 is 13.6 Å². The molecule has 0 spiro atoms. The molecule has 0 aliphatic heterocycles. The second-order valence-electron chi connectivity index (χ2n) is 6.12. The predicted octanol–water partition coefficient (Wildman–Crippen LogP) is 5.04. The van der Waals surface area contributed by atoms with E-state index in [0.29, 0.717) is 6.42 Å². The minimum atomic E-state index is -3.81. The largest absolute Gasteiger partial charge is 0.481 e. The molecule has 0 unspecified atom stereocenters. The Hall–Kier alpha value is -0.900. The lowest BCUT2D eigenvalue weighted by Gasteiger charge is -2.01. The van der Waals surface area contributed by atoms with Gasteiger partial charge in [0.15, 0.2) is 0 Å². The molecule has 0 aromatic rings. The maximum Gasteiger partial charge on any atom is 0.325 e. The van der Waals surface area contributed by atoms with Crippen LogP contribution in [0.25, 0.3) is 0 Å². The van der Waals surface area contributed by atoms with E-state index in [1.54, 1.807) is 0 Å². The van der Waals surface area contributed by atoms with Gasteiger partial charge in [-0.1, -0.05) is 50.0 Å². The van der Waals surface area contributed by atoms with E-state index < -0.39 is 13.6 Å². The van der Waals surface area contributed by atoms with Crippen LogP contribution in [0.4, 0.5) is 0 Å². The monoisotopic (exact) mass is 360 g/mol. The van der Waals surface area contributed by atoms with Crippen molar-refractivity contribution in [2.24, 2.45) is 0 Å². The van der Waals surface area contributed by atoms with Gasteiger partial charge < -0.3 is 14.9 Å². The summed E-state index contributed by atoms with van der Waals surface area (Å²) in [6, 6.07) is 0. The number of hydrogen-bond acceptors (Lipinski definition) is 2. The molecule has 140 valence electrons. The third-order valence-electron chi connectivity index (χ3n) is 3.69. The van der Waals surface area contributed by atoms with Crippen LogP contribution in [0.2, 0.25) is 0 Å². The molecule has 3 N–H and O–H groups in total. The molecule has 6 heteroatoms. The summed E-state index contributed by atoms with van der Waals surface area (Å²) in [6.45, 7) is 0. The number of allylic oxidation sites excluding steroid dienone is 4. The quantitative estimate of drug-likeness (QED) is 0.204. The Kier molecular flexibility index (Phi) is 15.0. The Morgan fingerprint density at radius 2 is 1.25 bits per heavy atom. The third-order valence-corrected chi connectivity index (χ3v) is 4.59. The molecule has 0 fully saturated rings. The van der Waals surface area contributed by atoms with Crippen LogP contribution in [0.15, 0.2) is 24.3 Å². The predicted molar refractivity (Wildman–Crippen MR) is 98.2 cm³/mol. The van der Waals surface area contributed by atoms with E-state index in [0.717, 1.165) is 64.2 Å². The topological polar surface area (TPSA) is 94.8 Å². The summed E-state index contributed by atoms with van der Waals surface area (Å²) in [5.41, 5.74) is 0. The zero-order valence-electron chi connectivity index (χ0n) is 14.6. The summed E-state index contributed by atoms with van der Waals surface area (Å²) in [5, 5.41) is 8.51. The van der Waals surface area contributed by atoms with E-state index in [1.807, 2.05) is 0 Å². The zero-order valence-corrected chi connectivity index (χ0v) is 15.5. The van der Waals surface area contributed by atoms with Crippen LogP contribution < -0.4 is 0 Å². The second-order valence-corrected chi connectivity index (χ2v) is 7.89. The number of hydrogen-bond donors (Lipinski definition) is 3. The molecule has 0 aromatic heterocycles. The molecular weight excluding hydrogens is 327 g/mol. The van der Waals surface area contributed by atoms with E-state index in [1.165, 1.54) is 0 Å². The van der Waals surface area contributed by atoms with Gasteiger partial charge in [0, 0.05) is 12.6 Å². The first-order valence-electron chi connectivity index (χ1n) is 8.98. The lowest BCUT2D eigenvalue weighted by atomic mass is 10.1. The van der Waals surface area contributed by atoms with Gasteiger partial charge in [-0.3, -0.25) is 9.36 Å². The number of carboxylic acids is 1. The van der Waals surface area contributed by atoms with Crippen LogP contribution in [-0.2, 0) is 9.36 Å². The maximum atomic E-state index is 10.7. The first kappa shape index (κ1) is 23.1. The number of carboxylic acid groups (broad SMARTS) is 1. The molecule has 0 radical (unpaired) electrons.